The molecular formula is C19H21NO. The first-order chi connectivity index (χ1) is 10.0. The molecule has 21 heavy (non-hydrogen) atoms. The van der Waals surface area contributed by atoms with Gasteiger partial charge < -0.3 is 5.73 Å². The molecule has 0 unspecified atom stereocenters. The van der Waals surface area contributed by atoms with Crippen LogP contribution in [0, 0.1) is 6.92 Å². The summed E-state index contributed by atoms with van der Waals surface area (Å²) in [6.07, 6.45) is 3.60. The molecule has 0 spiro atoms. The molecule has 0 radical (unpaired) electrons. The van der Waals surface area contributed by atoms with Gasteiger partial charge in [0.25, 0.3) is 0 Å². The van der Waals surface area contributed by atoms with Crippen LogP contribution < -0.4 is 5.73 Å². The van der Waals surface area contributed by atoms with E-state index in [1.807, 2.05) is 18.2 Å². The predicted octanol–water partition coefficient (Wildman–Crippen LogP) is 4.21. The summed E-state index contributed by atoms with van der Waals surface area (Å²) in [6, 6.07) is 11.9. The van der Waals surface area contributed by atoms with Crippen molar-refractivity contribution in [3.05, 3.63) is 70.8 Å². The molecule has 0 saturated carbocycles. The number of Topliss-reactive ketones (excluding diaryl/α,β-unsaturated/α-hetero) is 1. The van der Waals surface area contributed by atoms with E-state index in [4.69, 9.17) is 5.73 Å². The second kappa shape index (κ2) is 6.40. The minimum absolute atomic E-state index is 0.0699. The van der Waals surface area contributed by atoms with Crippen LogP contribution in [0.5, 0.6) is 0 Å². The molecule has 108 valence electrons. The van der Waals surface area contributed by atoms with Gasteiger partial charge >= 0.3 is 0 Å². The van der Waals surface area contributed by atoms with Gasteiger partial charge in [0.1, 0.15) is 0 Å². The van der Waals surface area contributed by atoms with Crippen LogP contribution in [0.3, 0.4) is 0 Å². The topological polar surface area (TPSA) is 43.1 Å². The van der Waals surface area contributed by atoms with E-state index in [2.05, 4.69) is 31.7 Å². The van der Waals surface area contributed by atoms with E-state index in [1.54, 1.807) is 13.0 Å². The van der Waals surface area contributed by atoms with Crippen molar-refractivity contribution in [1.29, 1.82) is 0 Å². The van der Waals surface area contributed by atoms with Crippen LogP contribution in [0.15, 0.2) is 43.0 Å². The minimum atomic E-state index is 0.0699. The molecular weight excluding hydrogens is 258 g/mol. The lowest BCUT2D eigenvalue weighted by atomic mass is 9.97. The average Bonchev–Trinajstić information content (AvgIpc) is 2.47. The van der Waals surface area contributed by atoms with Crippen molar-refractivity contribution in [2.24, 2.45) is 0 Å². The number of rotatable bonds is 5. The molecule has 0 aliphatic heterocycles. The molecule has 2 N–H and O–H groups in total. The summed E-state index contributed by atoms with van der Waals surface area (Å²) in [7, 11) is 0. The molecule has 2 aromatic rings. The number of aryl methyl sites for hydroxylation is 3. The van der Waals surface area contributed by atoms with Crippen LogP contribution in [0.25, 0.3) is 6.08 Å². The average molecular weight is 279 g/mol. The largest absolute Gasteiger partial charge is 0.399 e. The van der Waals surface area contributed by atoms with E-state index < -0.39 is 0 Å². The van der Waals surface area contributed by atoms with Gasteiger partial charge in [-0.15, -0.1) is 0 Å². The highest BCUT2D eigenvalue weighted by Gasteiger charge is 2.06. The van der Waals surface area contributed by atoms with Gasteiger partial charge in [0.15, 0.2) is 5.78 Å². The summed E-state index contributed by atoms with van der Waals surface area (Å²) in [4.78, 5) is 11.5. The SMILES string of the molecule is C=Cc1cc(CCc2cc(C(C)=O)ccc2N)ccc1C. The summed E-state index contributed by atoms with van der Waals surface area (Å²) in [6.45, 7) is 7.49. The van der Waals surface area contributed by atoms with Crippen LogP contribution in [0.4, 0.5) is 5.69 Å². The molecule has 2 aromatic carbocycles. The Balaban J connectivity index is 2.18. The molecule has 0 aliphatic carbocycles. The number of hydrogen-bond acceptors (Lipinski definition) is 2. The normalized spacial score (nSPS) is 10.4. The second-order valence-corrected chi connectivity index (χ2v) is 5.36. The van der Waals surface area contributed by atoms with Gasteiger partial charge in [-0.1, -0.05) is 30.9 Å². The van der Waals surface area contributed by atoms with Gasteiger partial charge in [-0.25, -0.2) is 0 Å². The fraction of sp³-hybridized carbons (Fsp3) is 0.211. The second-order valence-electron chi connectivity index (χ2n) is 5.36. The van der Waals surface area contributed by atoms with Gasteiger partial charge in [-0.05, 0) is 67.1 Å². The maximum Gasteiger partial charge on any atom is 0.159 e. The van der Waals surface area contributed by atoms with Gasteiger partial charge in [0, 0.05) is 11.3 Å². The number of ketones is 1. The first kappa shape index (κ1) is 15.0. The zero-order valence-corrected chi connectivity index (χ0v) is 12.6. The lowest BCUT2D eigenvalue weighted by Gasteiger charge is -2.09. The number of carbonyl (C=O) groups is 1. The van der Waals surface area contributed by atoms with Crippen LogP contribution in [-0.4, -0.2) is 5.78 Å². The molecule has 0 aromatic heterocycles. The standard InChI is InChI=1S/C19H21NO/c1-4-16-11-15(6-5-13(16)2)7-8-18-12-17(14(3)21)9-10-19(18)20/h4-6,9-12H,1,7-8,20H2,2-3H3. The smallest absolute Gasteiger partial charge is 0.159 e. The predicted molar refractivity (Wildman–Crippen MR) is 89.5 cm³/mol. The molecule has 0 heterocycles. The Morgan fingerprint density at radius 1 is 1.19 bits per heavy atom. The third-order valence-corrected chi connectivity index (χ3v) is 3.80. The van der Waals surface area contributed by atoms with Crippen LogP contribution in [-0.2, 0) is 12.8 Å². The quantitative estimate of drug-likeness (QED) is 0.658. The first-order valence-corrected chi connectivity index (χ1v) is 7.12. The Hall–Kier alpha value is -2.35. The summed E-state index contributed by atoms with van der Waals surface area (Å²) >= 11 is 0. The Morgan fingerprint density at radius 3 is 2.62 bits per heavy atom. The maximum atomic E-state index is 11.5. The van der Waals surface area contributed by atoms with Crippen LogP contribution in [0.1, 0.15) is 39.5 Å². The number of anilines is 1. The lowest BCUT2D eigenvalue weighted by molar-refractivity contribution is 0.101. The van der Waals surface area contributed by atoms with Crippen molar-refractivity contribution in [2.75, 3.05) is 5.73 Å². The summed E-state index contributed by atoms with van der Waals surface area (Å²) in [5, 5.41) is 0. The minimum Gasteiger partial charge on any atom is -0.399 e. The third-order valence-electron chi connectivity index (χ3n) is 3.80. The molecule has 0 aliphatic rings. The van der Waals surface area contributed by atoms with E-state index in [-0.39, 0.29) is 5.78 Å². The van der Waals surface area contributed by atoms with E-state index in [0.29, 0.717) is 0 Å². The highest BCUT2D eigenvalue weighted by molar-refractivity contribution is 5.94. The van der Waals surface area contributed by atoms with Gasteiger partial charge in [0.2, 0.25) is 0 Å². The number of benzene rings is 2. The van der Waals surface area contributed by atoms with Crippen molar-refractivity contribution in [1.82, 2.24) is 0 Å². The van der Waals surface area contributed by atoms with E-state index in [1.165, 1.54) is 11.1 Å². The molecule has 0 fully saturated rings. The van der Waals surface area contributed by atoms with Gasteiger partial charge in [-0.3, -0.25) is 4.79 Å². The lowest BCUT2D eigenvalue weighted by Crippen LogP contribution is -2.01. The third kappa shape index (κ3) is 3.60. The fourth-order valence-corrected chi connectivity index (χ4v) is 2.39. The Kier molecular flexibility index (Phi) is 4.59. The zero-order valence-electron chi connectivity index (χ0n) is 12.6. The molecule has 0 amide bonds. The number of hydrogen-bond donors (Lipinski definition) is 1. The number of nitrogens with two attached hydrogens (primary N) is 1. The number of nitrogen functional groups attached to an aromatic ring is 1. The Labute approximate surface area is 126 Å². The Bertz CT molecular complexity index is 686. The van der Waals surface area contributed by atoms with Crippen molar-refractivity contribution >= 4 is 17.5 Å². The van der Waals surface area contributed by atoms with E-state index >= 15 is 0 Å². The molecule has 2 nitrogen and oxygen atoms in total. The first-order valence-electron chi connectivity index (χ1n) is 7.12. The van der Waals surface area contributed by atoms with Crippen molar-refractivity contribution in [3.63, 3.8) is 0 Å². The summed E-state index contributed by atoms with van der Waals surface area (Å²) < 4.78 is 0. The maximum absolute atomic E-state index is 11.5. The monoisotopic (exact) mass is 279 g/mol. The van der Waals surface area contributed by atoms with E-state index in [0.717, 1.165) is 35.2 Å². The van der Waals surface area contributed by atoms with Crippen molar-refractivity contribution < 1.29 is 4.79 Å². The van der Waals surface area contributed by atoms with Crippen LogP contribution in [0.2, 0.25) is 0 Å². The number of carbonyl (C=O) groups excluding carboxylic acids is 1. The molecule has 0 bridgehead atoms. The molecule has 2 heteroatoms. The van der Waals surface area contributed by atoms with Crippen molar-refractivity contribution in [2.45, 2.75) is 26.7 Å². The van der Waals surface area contributed by atoms with Gasteiger partial charge in [-0.2, -0.15) is 0 Å². The van der Waals surface area contributed by atoms with Crippen molar-refractivity contribution in [3.8, 4) is 0 Å². The Morgan fingerprint density at radius 2 is 1.95 bits per heavy atom. The molecule has 0 saturated heterocycles. The summed E-state index contributed by atoms with van der Waals surface area (Å²) in [5.74, 6) is 0.0699. The molecule has 2 rings (SSSR count). The van der Waals surface area contributed by atoms with Crippen LogP contribution >= 0.6 is 0 Å². The fourth-order valence-electron chi connectivity index (χ4n) is 2.39. The summed E-state index contributed by atoms with van der Waals surface area (Å²) in [5.41, 5.74) is 12.1. The van der Waals surface area contributed by atoms with E-state index in [9.17, 15) is 4.79 Å². The zero-order chi connectivity index (χ0) is 15.4. The molecule has 0 atom stereocenters. The highest BCUT2D eigenvalue weighted by Crippen LogP contribution is 2.19. The van der Waals surface area contributed by atoms with Gasteiger partial charge in [0.05, 0.1) is 0 Å². The highest BCUT2D eigenvalue weighted by atomic mass is 16.1.